The molecule has 1 N–H and O–H groups in total. The number of aromatic hydroxyl groups is 1. The van der Waals surface area contributed by atoms with E-state index >= 15 is 0 Å². The minimum atomic E-state index is -0.739. The van der Waals surface area contributed by atoms with Gasteiger partial charge in [0.05, 0.1) is 0 Å². The Hall–Kier alpha value is -2.53. The molecule has 0 aliphatic heterocycles. The highest BCUT2D eigenvalue weighted by Gasteiger charge is 2.16. The summed E-state index contributed by atoms with van der Waals surface area (Å²) in [6, 6.07) is 13.1. The first-order valence-electron chi connectivity index (χ1n) is 6.91. The first-order chi connectivity index (χ1) is 11.0. The molecule has 0 saturated heterocycles. The minimum absolute atomic E-state index is 0.0284. The van der Waals surface area contributed by atoms with Crippen molar-refractivity contribution in [3.05, 3.63) is 64.7 Å². The molecule has 0 atom stereocenters. The van der Waals surface area contributed by atoms with Crippen LogP contribution in [-0.2, 0) is 16.1 Å². The van der Waals surface area contributed by atoms with Crippen molar-refractivity contribution in [1.82, 2.24) is 4.90 Å². The van der Waals surface area contributed by atoms with E-state index in [0.717, 1.165) is 5.56 Å². The number of phenolic OH excluding ortho intramolecular Hbond substituents is 1. The molecule has 0 heterocycles. The van der Waals surface area contributed by atoms with Crippen molar-refractivity contribution in [1.29, 1.82) is 0 Å². The Morgan fingerprint density at radius 1 is 1.13 bits per heavy atom. The lowest BCUT2D eigenvalue weighted by atomic mass is 10.2. The number of carbonyl (C=O) groups excluding carboxylic acids is 2. The fourth-order valence-electron chi connectivity index (χ4n) is 1.91. The van der Waals surface area contributed by atoms with Gasteiger partial charge in [0.1, 0.15) is 11.3 Å². The molecule has 2 aromatic carbocycles. The van der Waals surface area contributed by atoms with Crippen molar-refractivity contribution < 1.29 is 19.4 Å². The number of para-hydroxylation sites is 1. The molecule has 0 spiro atoms. The zero-order valence-corrected chi connectivity index (χ0v) is 13.3. The topological polar surface area (TPSA) is 66.8 Å². The molecule has 1 amide bonds. The molecule has 0 fully saturated rings. The van der Waals surface area contributed by atoms with Crippen molar-refractivity contribution >= 4 is 23.5 Å². The molecule has 0 aliphatic rings. The summed E-state index contributed by atoms with van der Waals surface area (Å²) < 4.78 is 4.94. The van der Waals surface area contributed by atoms with E-state index < -0.39 is 12.6 Å². The molecule has 2 rings (SSSR count). The second-order valence-electron chi connectivity index (χ2n) is 4.97. The number of nitrogens with zero attached hydrogens (tertiary/aromatic N) is 1. The average Bonchev–Trinajstić information content (AvgIpc) is 2.54. The molecule has 0 aromatic heterocycles. The smallest absolute Gasteiger partial charge is 0.342 e. The van der Waals surface area contributed by atoms with Gasteiger partial charge in [0.25, 0.3) is 5.91 Å². The molecule has 0 saturated carbocycles. The number of carbonyl (C=O) groups is 2. The fourth-order valence-corrected chi connectivity index (χ4v) is 2.04. The third-order valence-electron chi connectivity index (χ3n) is 3.21. The van der Waals surface area contributed by atoms with Gasteiger partial charge in [-0.1, -0.05) is 35.9 Å². The third-order valence-corrected chi connectivity index (χ3v) is 3.46. The van der Waals surface area contributed by atoms with E-state index in [0.29, 0.717) is 11.6 Å². The highest BCUT2D eigenvalue weighted by atomic mass is 35.5. The molecule has 120 valence electrons. The quantitative estimate of drug-likeness (QED) is 0.854. The Labute approximate surface area is 139 Å². The van der Waals surface area contributed by atoms with Crippen LogP contribution in [0.3, 0.4) is 0 Å². The van der Waals surface area contributed by atoms with Crippen LogP contribution in [0.25, 0.3) is 0 Å². The SMILES string of the molecule is CN(Cc1ccc(Cl)cc1)C(=O)COC(=O)c1ccccc1O. The summed E-state index contributed by atoms with van der Waals surface area (Å²) in [5, 5.41) is 10.2. The van der Waals surface area contributed by atoms with Gasteiger partial charge in [0.15, 0.2) is 6.61 Å². The van der Waals surface area contributed by atoms with Crippen LogP contribution >= 0.6 is 11.6 Å². The predicted octanol–water partition coefficient (Wildman–Crippen LogP) is 2.86. The number of halogens is 1. The number of esters is 1. The van der Waals surface area contributed by atoms with Crippen molar-refractivity contribution in [3.63, 3.8) is 0 Å². The number of hydrogen-bond acceptors (Lipinski definition) is 4. The predicted molar refractivity (Wildman–Crippen MR) is 86.3 cm³/mol. The van der Waals surface area contributed by atoms with Crippen LogP contribution in [0.15, 0.2) is 48.5 Å². The monoisotopic (exact) mass is 333 g/mol. The third kappa shape index (κ3) is 4.72. The lowest BCUT2D eigenvalue weighted by molar-refractivity contribution is -0.133. The lowest BCUT2D eigenvalue weighted by Gasteiger charge is -2.17. The summed E-state index contributed by atoms with van der Waals surface area (Å²) in [4.78, 5) is 25.3. The van der Waals surface area contributed by atoms with Crippen LogP contribution in [-0.4, -0.2) is 35.5 Å². The molecular weight excluding hydrogens is 318 g/mol. The molecule has 5 nitrogen and oxygen atoms in total. The van der Waals surface area contributed by atoms with Gasteiger partial charge in [-0.15, -0.1) is 0 Å². The normalized spacial score (nSPS) is 10.2. The van der Waals surface area contributed by atoms with E-state index in [1.165, 1.54) is 17.0 Å². The highest BCUT2D eigenvalue weighted by molar-refractivity contribution is 6.30. The maximum absolute atomic E-state index is 12.0. The van der Waals surface area contributed by atoms with Crippen LogP contribution in [0, 0.1) is 0 Å². The number of amides is 1. The van der Waals surface area contributed by atoms with Gasteiger partial charge in [0.2, 0.25) is 0 Å². The summed E-state index contributed by atoms with van der Waals surface area (Å²) in [7, 11) is 1.62. The second kappa shape index (κ2) is 7.65. The Balaban J connectivity index is 1.87. The van der Waals surface area contributed by atoms with Crippen LogP contribution in [0.5, 0.6) is 5.75 Å². The second-order valence-corrected chi connectivity index (χ2v) is 5.41. The van der Waals surface area contributed by atoms with Gasteiger partial charge in [-0.2, -0.15) is 0 Å². The van der Waals surface area contributed by atoms with Crippen molar-refractivity contribution in [2.24, 2.45) is 0 Å². The van der Waals surface area contributed by atoms with Crippen LogP contribution in [0.4, 0.5) is 0 Å². The van der Waals surface area contributed by atoms with Gasteiger partial charge in [-0.05, 0) is 29.8 Å². The van der Waals surface area contributed by atoms with E-state index in [-0.39, 0.29) is 17.2 Å². The molecule has 0 bridgehead atoms. The summed E-state index contributed by atoms with van der Waals surface area (Å²) in [5.41, 5.74) is 0.943. The van der Waals surface area contributed by atoms with Gasteiger partial charge in [0, 0.05) is 18.6 Å². The van der Waals surface area contributed by atoms with Crippen molar-refractivity contribution in [2.75, 3.05) is 13.7 Å². The first kappa shape index (κ1) is 16.8. The van der Waals surface area contributed by atoms with Crippen molar-refractivity contribution in [2.45, 2.75) is 6.54 Å². The van der Waals surface area contributed by atoms with Crippen LogP contribution in [0.2, 0.25) is 5.02 Å². The largest absolute Gasteiger partial charge is 0.507 e. The Morgan fingerprint density at radius 2 is 1.78 bits per heavy atom. The van der Waals surface area contributed by atoms with E-state index in [9.17, 15) is 14.7 Å². The maximum atomic E-state index is 12.0. The molecule has 23 heavy (non-hydrogen) atoms. The zero-order chi connectivity index (χ0) is 16.8. The number of likely N-dealkylation sites (N-methyl/N-ethyl adjacent to an activating group) is 1. The summed E-state index contributed by atoms with van der Waals surface area (Å²) >= 11 is 5.81. The zero-order valence-electron chi connectivity index (χ0n) is 12.5. The fraction of sp³-hybridized carbons (Fsp3) is 0.176. The Bertz CT molecular complexity index is 700. The Morgan fingerprint density at radius 3 is 2.43 bits per heavy atom. The van der Waals surface area contributed by atoms with Gasteiger partial charge in [-0.3, -0.25) is 4.79 Å². The highest BCUT2D eigenvalue weighted by Crippen LogP contribution is 2.16. The first-order valence-corrected chi connectivity index (χ1v) is 7.28. The van der Waals surface area contributed by atoms with Crippen LogP contribution in [0.1, 0.15) is 15.9 Å². The molecule has 0 unspecified atom stereocenters. The average molecular weight is 334 g/mol. The summed E-state index contributed by atoms with van der Waals surface area (Å²) in [6.07, 6.45) is 0. The standard InChI is InChI=1S/C17H16ClNO4/c1-19(10-12-6-8-13(18)9-7-12)16(21)11-23-17(22)14-4-2-3-5-15(14)20/h2-9,20H,10-11H2,1H3. The van der Waals surface area contributed by atoms with E-state index in [2.05, 4.69) is 0 Å². The molecule has 6 heteroatoms. The van der Waals surface area contributed by atoms with Gasteiger partial charge >= 0.3 is 5.97 Å². The number of benzene rings is 2. The maximum Gasteiger partial charge on any atom is 0.342 e. The molecular formula is C17H16ClNO4. The molecule has 0 radical (unpaired) electrons. The summed E-state index contributed by atoms with van der Waals surface area (Å²) in [6.45, 7) is -0.0125. The van der Waals surface area contributed by atoms with Gasteiger partial charge < -0.3 is 14.7 Å². The number of rotatable bonds is 5. The van der Waals surface area contributed by atoms with Gasteiger partial charge in [-0.25, -0.2) is 4.79 Å². The Kier molecular flexibility index (Phi) is 5.60. The van der Waals surface area contributed by atoms with E-state index in [1.54, 1.807) is 31.3 Å². The lowest BCUT2D eigenvalue weighted by Crippen LogP contribution is -2.30. The number of hydrogen-bond donors (Lipinski definition) is 1. The number of ether oxygens (including phenoxy) is 1. The summed E-state index contributed by atoms with van der Waals surface area (Å²) in [5.74, 6) is -1.26. The molecule has 0 aliphatic carbocycles. The van der Waals surface area contributed by atoms with Crippen molar-refractivity contribution in [3.8, 4) is 5.75 Å². The van der Waals surface area contributed by atoms with Crippen LogP contribution < -0.4 is 0 Å². The van der Waals surface area contributed by atoms with E-state index in [4.69, 9.17) is 16.3 Å². The molecule has 2 aromatic rings. The minimum Gasteiger partial charge on any atom is -0.507 e. The number of phenols is 1. The van der Waals surface area contributed by atoms with E-state index in [1.807, 2.05) is 12.1 Å².